The lowest BCUT2D eigenvalue weighted by Crippen LogP contribution is -2.21. The molecule has 0 radical (unpaired) electrons. The number of benzene rings is 1. The predicted molar refractivity (Wildman–Crippen MR) is 116 cm³/mol. The van der Waals surface area contributed by atoms with Crippen LogP contribution in [0, 0.1) is 6.92 Å². The minimum atomic E-state index is -3.12. The lowest BCUT2D eigenvalue weighted by molar-refractivity contribution is 0.0151. The van der Waals surface area contributed by atoms with Gasteiger partial charge < -0.3 is 14.0 Å². The van der Waals surface area contributed by atoms with E-state index in [0.29, 0.717) is 40.5 Å². The van der Waals surface area contributed by atoms with Gasteiger partial charge in [0.25, 0.3) is 12.3 Å². The van der Waals surface area contributed by atoms with Gasteiger partial charge in [0.2, 0.25) is 0 Å². The lowest BCUT2D eigenvalue weighted by Gasteiger charge is -2.17. The maximum Gasteiger partial charge on any atom is 0.280 e. The average Bonchev–Trinajstić information content (AvgIpc) is 3.00. The third-order valence-corrected chi connectivity index (χ3v) is 5.73. The molecule has 1 aromatic carbocycles. The molecule has 182 valence electrons. The van der Waals surface area contributed by atoms with E-state index < -0.39 is 25.1 Å². The fourth-order valence-corrected chi connectivity index (χ4v) is 4.20. The summed E-state index contributed by atoms with van der Waals surface area (Å²) >= 11 is 0. The third-order valence-electron chi connectivity index (χ3n) is 5.73. The van der Waals surface area contributed by atoms with Crippen molar-refractivity contribution in [3.8, 4) is 28.4 Å². The van der Waals surface area contributed by atoms with Crippen LogP contribution in [0.4, 0.5) is 22.0 Å². The summed E-state index contributed by atoms with van der Waals surface area (Å²) in [5.74, 6) is -2.76. The van der Waals surface area contributed by atoms with Gasteiger partial charge in [0, 0.05) is 35.9 Å². The van der Waals surface area contributed by atoms with Crippen LogP contribution in [0.15, 0.2) is 30.3 Å². The number of pyridine rings is 1. The van der Waals surface area contributed by atoms with Crippen molar-refractivity contribution in [3.05, 3.63) is 53.0 Å². The highest BCUT2D eigenvalue weighted by Crippen LogP contribution is 2.39. The number of hydrogen-bond acceptors (Lipinski definition) is 4. The summed E-state index contributed by atoms with van der Waals surface area (Å²) in [5.41, 5.74) is 1.78. The molecule has 0 fully saturated rings. The Labute approximate surface area is 193 Å². The summed E-state index contributed by atoms with van der Waals surface area (Å²) in [4.78, 5) is 8.61. The molecule has 0 N–H and O–H groups in total. The van der Waals surface area contributed by atoms with Crippen molar-refractivity contribution in [1.29, 1.82) is 0 Å². The highest BCUT2D eigenvalue weighted by molar-refractivity contribution is 5.70. The van der Waals surface area contributed by atoms with Gasteiger partial charge >= 0.3 is 0 Å². The number of methoxy groups -OCH3 is 1. The number of ether oxygens (including phenoxy) is 2. The van der Waals surface area contributed by atoms with Crippen LogP contribution in [0.3, 0.4) is 0 Å². The zero-order valence-electron chi connectivity index (χ0n) is 18.9. The molecule has 0 saturated carbocycles. The van der Waals surface area contributed by atoms with Crippen LogP contribution in [0.1, 0.15) is 36.0 Å². The summed E-state index contributed by atoms with van der Waals surface area (Å²) < 4.78 is 80.9. The number of aromatic nitrogens is 3. The molecule has 1 atom stereocenters. The summed E-state index contributed by atoms with van der Waals surface area (Å²) in [7, 11) is 1.30. The molecule has 0 unspecified atom stereocenters. The quantitative estimate of drug-likeness (QED) is 0.412. The zero-order valence-corrected chi connectivity index (χ0v) is 18.9. The fourth-order valence-electron chi connectivity index (χ4n) is 4.20. The monoisotopic (exact) mass is 481 g/mol. The first-order chi connectivity index (χ1) is 16.1. The van der Waals surface area contributed by atoms with Crippen molar-refractivity contribution in [2.24, 2.45) is 0 Å². The van der Waals surface area contributed by atoms with Crippen LogP contribution >= 0.6 is 0 Å². The van der Waals surface area contributed by atoms with Crippen LogP contribution in [0.5, 0.6) is 5.75 Å². The predicted octanol–water partition coefficient (Wildman–Crippen LogP) is 5.89. The Kier molecular flexibility index (Phi) is 6.62. The minimum Gasteiger partial charge on any atom is -0.496 e. The second-order valence-electron chi connectivity index (χ2n) is 8.26. The topological polar surface area (TPSA) is 49.2 Å². The molecule has 5 nitrogen and oxygen atoms in total. The Balaban J connectivity index is 1.92. The van der Waals surface area contributed by atoms with E-state index in [2.05, 4.69) is 4.98 Å². The van der Waals surface area contributed by atoms with Gasteiger partial charge in [0.15, 0.2) is 0 Å². The van der Waals surface area contributed by atoms with Gasteiger partial charge in [-0.05, 0) is 31.2 Å². The third kappa shape index (κ3) is 4.64. The highest BCUT2D eigenvalue weighted by atomic mass is 19.3. The molecular formula is C24H24F5N3O2. The number of aryl methyl sites for hydroxylation is 1. The van der Waals surface area contributed by atoms with Gasteiger partial charge in [0.1, 0.15) is 30.0 Å². The highest BCUT2D eigenvalue weighted by Gasteiger charge is 2.30. The smallest absolute Gasteiger partial charge is 0.280 e. The summed E-state index contributed by atoms with van der Waals surface area (Å²) in [5, 5.41) is 0. The molecule has 0 amide bonds. The van der Waals surface area contributed by atoms with E-state index in [9.17, 15) is 22.0 Å². The first-order valence-electron chi connectivity index (χ1n) is 10.7. The molecule has 0 bridgehead atoms. The van der Waals surface area contributed by atoms with Crippen molar-refractivity contribution in [2.75, 3.05) is 20.4 Å². The van der Waals surface area contributed by atoms with E-state index >= 15 is 0 Å². The van der Waals surface area contributed by atoms with Crippen molar-refractivity contribution < 1.29 is 31.4 Å². The summed E-state index contributed by atoms with van der Waals surface area (Å²) in [6.45, 7) is 2.03. The fraction of sp³-hybridized carbons (Fsp3) is 0.417. The van der Waals surface area contributed by atoms with E-state index in [1.165, 1.54) is 31.4 Å². The number of nitrogens with zero attached hydrogens (tertiary/aromatic N) is 3. The van der Waals surface area contributed by atoms with Gasteiger partial charge in [-0.1, -0.05) is 6.07 Å². The standard InChI is InChI=1S/C24H24F5N3O2/c1-13-8-15(9-18(30-13)22(26)27)21-19-6-7-34-16(11-25)12-32(19)23(31-21)14-4-5-17(24(2,28)29)20(10-14)33-3/h4-5,8-10,16,22H,6-7,11-12H2,1-3H3/t16-/m1/s1. The first kappa shape index (κ1) is 24.1. The number of halogens is 5. The van der Waals surface area contributed by atoms with E-state index in [4.69, 9.17) is 14.5 Å². The molecule has 3 heterocycles. The molecule has 0 saturated heterocycles. The van der Waals surface area contributed by atoms with E-state index in [1.807, 2.05) is 0 Å². The maximum absolute atomic E-state index is 14.0. The van der Waals surface area contributed by atoms with E-state index in [1.54, 1.807) is 17.6 Å². The van der Waals surface area contributed by atoms with Crippen molar-refractivity contribution >= 4 is 0 Å². The van der Waals surface area contributed by atoms with Crippen LogP contribution in [0.25, 0.3) is 22.6 Å². The Hall–Kier alpha value is -3.01. The van der Waals surface area contributed by atoms with Gasteiger partial charge in [-0.15, -0.1) is 0 Å². The number of fused-ring (bicyclic) bond motifs is 1. The van der Waals surface area contributed by atoms with Crippen LogP contribution < -0.4 is 4.74 Å². The molecule has 4 rings (SSSR count). The molecular weight excluding hydrogens is 457 g/mol. The van der Waals surface area contributed by atoms with E-state index in [-0.39, 0.29) is 30.2 Å². The van der Waals surface area contributed by atoms with Crippen LogP contribution in [0.2, 0.25) is 0 Å². The Morgan fingerprint density at radius 3 is 2.59 bits per heavy atom. The molecule has 3 aromatic rings. The molecule has 1 aliphatic heterocycles. The number of imidazole rings is 1. The molecule has 1 aliphatic rings. The van der Waals surface area contributed by atoms with Gasteiger partial charge in [-0.25, -0.2) is 26.9 Å². The van der Waals surface area contributed by atoms with Crippen molar-refractivity contribution in [3.63, 3.8) is 0 Å². The number of alkyl halides is 5. The maximum atomic E-state index is 14.0. The van der Waals surface area contributed by atoms with E-state index in [0.717, 1.165) is 6.92 Å². The van der Waals surface area contributed by atoms with Gasteiger partial charge in [-0.2, -0.15) is 0 Å². The minimum absolute atomic E-state index is 0.0180. The van der Waals surface area contributed by atoms with Crippen molar-refractivity contribution in [1.82, 2.24) is 14.5 Å². The molecule has 0 aliphatic carbocycles. The van der Waals surface area contributed by atoms with Gasteiger partial charge in [0.05, 0.1) is 31.5 Å². The van der Waals surface area contributed by atoms with Crippen LogP contribution in [-0.4, -0.2) is 41.0 Å². The Morgan fingerprint density at radius 2 is 1.94 bits per heavy atom. The molecule has 10 heteroatoms. The second kappa shape index (κ2) is 9.32. The molecule has 0 spiro atoms. The number of rotatable bonds is 6. The summed E-state index contributed by atoms with van der Waals surface area (Å²) in [6, 6.07) is 7.14. The van der Waals surface area contributed by atoms with Crippen LogP contribution in [-0.2, 0) is 23.6 Å². The average molecular weight is 481 g/mol. The Morgan fingerprint density at radius 1 is 1.18 bits per heavy atom. The zero-order chi connectivity index (χ0) is 24.6. The van der Waals surface area contributed by atoms with Crippen molar-refractivity contribution in [2.45, 2.75) is 45.3 Å². The molecule has 2 aromatic heterocycles. The molecule has 34 heavy (non-hydrogen) atoms. The largest absolute Gasteiger partial charge is 0.496 e. The number of hydrogen-bond donors (Lipinski definition) is 0. The normalized spacial score (nSPS) is 16.4. The summed E-state index contributed by atoms with van der Waals surface area (Å²) in [6.07, 6.45) is -3.11. The van der Waals surface area contributed by atoms with Gasteiger partial charge in [-0.3, -0.25) is 4.98 Å². The lowest BCUT2D eigenvalue weighted by atomic mass is 10.0. The second-order valence-corrected chi connectivity index (χ2v) is 8.26. The Bertz CT molecular complexity index is 1190. The SMILES string of the molecule is COc1cc(-c2nc(-c3cc(C)nc(C(F)F)c3)c3n2C[C@@H](CF)OCC3)ccc1C(C)(F)F. The first-order valence-corrected chi connectivity index (χ1v) is 10.7.